The van der Waals surface area contributed by atoms with Crippen molar-refractivity contribution in [3.05, 3.63) is 89.4 Å². The van der Waals surface area contributed by atoms with Crippen molar-refractivity contribution < 1.29 is 23.1 Å². The van der Waals surface area contributed by atoms with Crippen molar-refractivity contribution in [3.8, 4) is 5.75 Å². The van der Waals surface area contributed by atoms with Crippen LogP contribution in [0, 0.1) is 6.92 Å². The highest BCUT2D eigenvalue weighted by atomic mass is 32.2. The van der Waals surface area contributed by atoms with Gasteiger partial charge in [0.25, 0.3) is 0 Å². The molecule has 1 unspecified atom stereocenters. The number of aromatic amines is 1. The summed E-state index contributed by atoms with van der Waals surface area (Å²) in [6.45, 7) is 3.57. The van der Waals surface area contributed by atoms with Crippen LogP contribution in [-0.2, 0) is 27.7 Å². The van der Waals surface area contributed by atoms with Crippen molar-refractivity contribution in [2.45, 2.75) is 37.7 Å². The molecule has 0 aliphatic heterocycles. The van der Waals surface area contributed by atoms with Crippen LogP contribution in [0.4, 0.5) is 0 Å². The van der Waals surface area contributed by atoms with Crippen LogP contribution in [0.5, 0.6) is 5.75 Å². The molecule has 34 heavy (non-hydrogen) atoms. The Kier molecular flexibility index (Phi) is 6.70. The number of nitrogens with one attached hydrogen (secondary N) is 1. The van der Waals surface area contributed by atoms with E-state index in [-0.39, 0.29) is 29.4 Å². The maximum atomic E-state index is 13.3. The zero-order valence-electron chi connectivity index (χ0n) is 19.0. The molecule has 0 aliphatic rings. The van der Waals surface area contributed by atoms with Crippen molar-refractivity contribution in [2.24, 2.45) is 0 Å². The fraction of sp³-hybridized carbons (Fsp3) is 0.231. The van der Waals surface area contributed by atoms with E-state index in [2.05, 4.69) is 9.97 Å². The van der Waals surface area contributed by atoms with Crippen molar-refractivity contribution >= 4 is 26.7 Å². The normalized spacial score (nSPS) is 12.5. The van der Waals surface area contributed by atoms with Gasteiger partial charge in [-0.1, -0.05) is 43.3 Å². The first kappa shape index (κ1) is 23.5. The van der Waals surface area contributed by atoms with E-state index in [0.717, 1.165) is 11.3 Å². The molecule has 0 bridgehead atoms. The van der Waals surface area contributed by atoms with Gasteiger partial charge in [-0.3, -0.25) is 9.78 Å². The topological polar surface area (TPSA) is 109 Å². The van der Waals surface area contributed by atoms with Gasteiger partial charge in [0.1, 0.15) is 18.3 Å². The van der Waals surface area contributed by atoms with Crippen molar-refractivity contribution in [1.29, 1.82) is 0 Å². The summed E-state index contributed by atoms with van der Waals surface area (Å²) in [6, 6.07) is 18.2. The molecule has 7 nitrogen and oxygen atoms in total. The molecular formula is C26H26N2O5S. The number of nitrogens with zero attached hydrogens (tertiary/aromatic N) is 1. The number of aromatic nitrogens is 2. The first-order valence-corrected chi connectivity index (χ1v) is 12.6. The molecule has 2 heterocycles. The van der Waals surface area contributed by atoms with E-state index in [1.807, 2.05) is 48.5 Å². The number of aliphatic carboxylic acids is 1. The summed E-state index contributed by atoms with van der Waals surface area (Å²) in [6.07, 6.45) is 1.84. The van der Waals surface area contributed by atoms with E-state index in [9.17, 15) is 18.3 Å². The van der Waals surface area contributed by atoms with Gasteiger partial charge >= 0.3 is 5.97 Å². The third-order valence-corrected chi connectivity index (χ3v) is 7.68. The van der Waals surface area contributed by atoms with E-state index in [1.54, 1.807) is 32.2 Å². The number of hydrogen-bond acceptors (Lipinski definition) is 5. The Labute approximate surface area is 198 Å². The minimum absolute atomic E-state index is 0.0362. The molecule has 0 fully saturated rings. The highest BCUT2D eigenvalue weighted by Gasteiger charge is 2.33. The monoisotopic (exact) mass is 478 g/mol. The lowest BCUT2D eigenvalue weighted by Gasteiger charge is -2.15. The summed E-state index contributed by atoms with van der Waals surface area (Å²) < 4.78 is 32.5. The number of rotatable bonds is 9. The largest absolute Gasteiger partial charge is 0.487 e. The van der Waals surface area contributed by atoms with Gasteiger partial charge in [-0.2, -0.15) is 0 Å². The Bertz CT molecular complexity index is 1410. The number of ether oxygens (including phenoxy) is 1. The summed E-state index contributed by atoms with van der Waals surface area (Å²) in [5.41, 5.74) is 2.94. The summed E-state index contributed by atoms with van der Waals surface area (Å²) >= 11 is 0. The number of fused-ring (bicyclic) bond motifs is 1. The zero-order valence-corrected chi connectivity index (χ0v) is 19.8. The number of carboxylic acid groups (broad SMARTS) is 1. The number of carbonyl (C=O) groups is 1. The first-order valence-electron chi connectivity index (χ1n) is 11.0. The summed E-state index contributed by atoms with van der Waals surface area (Å²) in [5.74, 6) is -1.77. The minimum atomic E-state index is -3.75. The number of aryl methyl sites for hydroxylation is 1. The molecule has 2 N–H and O–H groups in total. The number of sulfone groups is 1. The number of pyridine rings is 1. The Balaban J connectivity index is 1.84. The number of benzene rings is 2. The molecule has 1 atom stereocenters. The molecule has 2 aromatic heterocycles. The van der Waals surface area contributed by atoms with Gasteiger partial charge in [-0.25, -0.2) is 8.42 Å². The molecule has 0 radical (unpaired) electrons. The molecule has 0 spiro atoms. The molecule has 0 saturated carbocycles. The SMILES string of the molecule is CCS(=O)(=O)c1c(C(Cc2ccccc2)C(=O)O)[nH]c2ccc(OCc3ccccn3)c(C)c12. The molecule has 4 rings (SSSR count). The average Bonchev–Trinajstić information content (AvgIpc) is 3.24. The van der Waals surface area contributed by atoms with Crippen LogP contribution >= 0.6 is 0 Å². The van der Waals surface area contributed by atoms with Crippen molar-refractivity contribution in [1.82, 2.24) is 9.97 Å². The van der Waals surface area contributed by atoms with Gasteiger partial charge in [-0.05, 0) is 43.2 Å². The van der Waals surface area contributed by atoms with Gasteiger partial charge in [-0.15, -0.1) is 0 Å². The van der Waals surface area contributed by atoms with Crippen LogP contribution in [-0.4, -0.2) is 35.2 Å². The minimum Gasteiger partial charge on any atom is -0.487 e. The van der Waals surface area contributed by atoms with E-state index in [1.165, 1.54) is 0 Å². The molecule has 2 aromatic carbocycles. The maximum absolute atomic E-state index is 13.3. The standard InChI is InChI=1S/C26H26N2O5S/c1-3-34(31,32)25-23-17(2)22(33-16-19-11-7-8-14-27-19)13-12-21(23)28-24(25)20(26(29)30)15-18-9-5-4-6-10-18/h4-14,20,28H,3,15-16H2,1-2H3,(H,29,30). The first-order chi connectivity index (χ1) is 16.3. The molecule has 0 aliphatic carbocycles. The Hall–Kier alpha value is -3.65. The van der Waals surface area contributed by atoms with Gasteiger partial charge < -0.3 is 14.8 Å². The summed E-state index contributed by atoms with van der Waals surface area (Å²) in [7, 11) is -3.75. The predicted molar refractivity (Wildman–Crippen MR) is 130 cm³/mol. The summed E-state index contributed by atoms with van der Waals surface area (Å²) in [5, 5.41) is 10.5. The highest BCUT2D eigenvalue weighted by molar-refractivity contribution is 7.91. The van der Waals surface area contributed by atoms with Crippen molar-refractivity contribution in [3.63, 3.8) is 0 Å². The lowest BCUT2D eigenvalue weighted by Crippen LogP contribution is -2.18. The lowest BCUT2D eigenvalue weighted by molar-refractivity contribution is -0.138. The average molecular weight is 479 g/mol. The highest BCUT2D eigenvalue weighted by Crippen LogP contribution is 2.39. The predicted octanol–water partition coefficient (Wildman–Crippen LogP) is 4.65. The van der Waals surface area contributed by atoms with Crippen molar-refractivity contribution in [2.75, 3.05) is 5.75 Å². The molecule has 4 aromatic rings. The van der Waals surface area contributed by atoms with Crippen LogP contribution in [0.25, 0.3) is 10.9 Å². The van der Waals surface area contributed by atoms with Gasteiger partial charge in [0.15, 0.2) is 9.84 Å². The number of carboxylic acids is 1. The van der Waals surface area contributed by atoms with Crippen LogP contribution in [0.1, 0.15) is 35.4 Å². The molecular weight excluding hydrogens is 452 g/mol. The Morgan fingerprint density at radius 3 is 2.47 bits per heavy atom. The summed E-state index contributed by atoms with van der Waals surface area (Å²) in [4.78, 5) is 19.7. The van der Waals surface area contributed by atoms with E-state index in [0.29, 0.717) is 22.2 Å². The molecule has 176 valence electrons. The lowest BCUT2D eigenvalue weighted by atomic mass is 9.96. The second kappa shape index (κ2) is 9.69. The number of hydrogen-bond donors (Lipinski definition) is 2. The second-order valence-corrected chi connectivity index (χ2v) is 10.3. The second-order valence-electron chi connectivity index (χ2n) is 8.07. The fourth-order valence-corrected chi connectivity index (χ4v) is 5.48. The van der Waals surface area contributed by atoms with Crippen LogP contribution in [0.15, 0.2) is 71.8 Å². The van der Waals surface area contributed by atoms with E-state index < -0.39 is 21.7 Å². The Morgan fingerprint density at radius 2 is 1.82 bits per heavy atom. The van der Waals surface area contributed by atoms with Gasteiger partial charge in [0.05, 0.1) is 16.3 Å². The Morgan fingerprint density at radius 1 is 1.09 bits per heavy atom. The quantitative estimate of drug-likeness (QED) is 0.362. The van der Waals surface area contributed by atoms with Crippen LogP contribution < -0.4 is 4.74 Å². The molecule has 0 amide bonds. The molecule has 0 saturated heterocycles. The smallest absolute Gasteiger partial charge is 0.312 e. The third kappa shape index (κ3) is 4.68. The van der Waals surface area contributed by atoms with E-state index in [4.69, 9.17) is 4.74 Å². The fourth-order valence-electron chi connectivity index (χ4n) is 4.09. The van der Waals surface area contributed by atoms with Gasteiger partial charge in [0, 0.05) is 28.4 Å². The van der Waals surface area contributed by atoms with E-state index >= 15 is 0 Å². The third-order valence-electron chi connectivity index (χ3n) is 5.88. The zero-order chi connectivity index (χ0) is 24.3. The van der Waals surface area contributed by atoms with Crippen LogP contribution in [0.2, 0.25) is 0 Å². The van der Waals surface area contributed by atoms with Gasteiger partial charge in [0.2, 0.25) is 0 Å². The molecule has 8 heteroatoms. The number of H-pyrrole nitrogens is 1. The van der Waals surface area contributed by atoms with Crippen LogP contribution in [0.3, 0.4) is 0 Å². The maximum Gasteiger partial charge on any atom is 0.312 e.